The maximum absolute atomic E-state index is 9.25. The molecule has 0 unspecified atom stereocenters. The zero-order valence-corrected chi connectivity index (χ0v) is 9.61. The van der Waals surface area contributed by atoms with Crippen molar-refractivity contribution in [3.63, 3.8) is 0 Å². The molecule has 86 valence electrons. The van der Waals surface area contributed by atoms with Gasteiger partial charge in [0.1, 0.15) is 0 Å². The molecule has 1 heterocycles. The number of aliphatic hydroxyl groups excluding tert-OH is 2. The van der Waals surface area contributed by atoms with Gasteiger partial charge in [-0.05, 0) is 18.6 Å². The van der Waals surface area contributed by atoms with Gasteiger partial charge in [0.25, 0.3) is 0 Å². The van der Waals surface area contributed by atoms with E-state index in [0.29, 0.717) is 11.4 Å². The molecule has 0 saturated heterocycles. The van der Waals surface area contributed by atoms with E-state index in [0.717, 1.165) is 23.0 Å². The fourth-order valence-electron chi connectivity index (χ4n) is 1.89. The molecule has 2 rings (SSSR count). The number of hydrogen-bond donors (Lipinski definition) is 2. The second kappa shape index (κ2) is 4.87. The van der Waals surface area contributed by atoms with Gasteiger partial charge >= 0.3 is 0 Å². The summed E-state index contributed by atoms with van der Waals surface area (Å²) < 4.78 is 2.02. The van der Waals surface area contributed by atoms with Gasteiger partial charge in [-0.15, -0.1) is 0 Å². The lowest BCUT2D eigenvalue weighted by molar-refractivity contribution is 0.278. The Morgan fingerprint density at radius 3 is 2.75 bits per heavy atom. The molecule has 0 amide bonds. The number of nitrogens with zero attached hydrogens (tertiary/aromatic N) is 1. The number of fused-ring (bicyclic) bond motifs is 1. The molecule has 1 aromatic heterocycles. The van der Waals surface area contributed by atoms with Crippen LogP contribution in [0.25, 0.3) is 10.9 Å². The number of aryl methyl sites for hydroxylation is 1. The van der Waals surface area contributed by atoms with Crippen molar-refractivity contribution < 1.29 is 10.2 Å². The van der Waals surface area contributed by atoms with Crippen molar-refractivity contribution in [1.82, 2.24) is 4.57 Å². The monoisotopic (exact) mass is 239 g/mol. The van der Waals surface area contributed by atoms with E-state index in [9.17, 15) is 5.11 Å². The smallest absolute Gasteiger partial charge is 0.0702 e. The zero-order chi connectivity index (χ0) is 11.5. The number of aliphatic hydroxyl groups is 2. The first-order chi connectivity index (χ1) is 7.76. The van der Waals surface area contributed by atoms with Crippen molar-refractivity contribution in [2.45, 2.75) is 19.6 Å². The molecule has 2 aromatic rings. The van der Waals surface area contributed by atoms with Gasteiger partial charge < -0.3 is 14.8 Å². The Morgan fingerprint density at radius 2 is 2.06 bits per heavy atom. The highest BCUT2D eigenvalue weighted by atomic mass is 35.5. The standard InChI is InChI=1S/C12H14ClNO2/c13-10-2-3-11-9(8-16)7-14(4-1-5-15)12(11)6-10/h2-3,6-7,15-16H,1,4-5,8H2. The molecule has 0 radical (unpaired) electrons. The van der Waals surface area contributed by atoms with Gasteiger partial charge in [0.15, 0.2) is 0 Å². The van der Waals surface area contributed by atoms with Gasteiger partial charge in [-0.1, -0.05) is 17.7 Å². The highest BCUT2D eigenvalue weighted by Gasteiger charge is 2.07. The van der Waals surface area contributed by atoms with Crippen LogP contribution >= 0.6 is 11.6 Å². The second-order valence-electron chi connectivity index (χ2n) is 3.74. The van der Waals surface area contributed by atoms with Crippen molar-refractivity contribution in [2.24, 2.45) is 0 Å². The third-order valence-corrected chi connectivity index (χ3v) is 2.89. The molecule has 0 aliphatic carbocycles. The Kier molecular flexibility index (Phi) is 3.49. The van der Waals surface area contributed by atoms with Crippen LogP contribution in [0.3, 0.4) is 0 Å². The first kappa shape index (κ1) is 11.5. The van der Waals surface area contributed by atoms with E-state index in [-0.39, 0.29) is 13.2 Å². The van der Waals surface area contributed by atoms with E-state index in [4.69, 9.17) is 16.7 Å². The molecule has 0 aliphatic heterocycles. The summed E-state index contributed by atoms with van der Waals surface area (Å²) in [7, 11) is 0. The Morgan fingerprint density at radius 1 is 1.25 bits per heavy atom. The number of benzene rings is 1. The molecule has 0 aliphatic rings. The Bertz CT molecular complexity index is 493. The van der Waals surface area contributed by atoms with Gasteiger partial charge in [0.2, 0.25) is 0 Å². The minimum Gasteiger partial charge on any atom is -0.396 e. The maximum atomic E-state index is 9.25. The van der Waals surface area contributed by atoms with E-state index >= 15 is 0 Å². The quantitative estimate of drug-likeness (QED) is 0.859. The molecule has 0 spiro atoms. The van der Waals surface area contributed by atoms with Crippen molar-refractivity contribution in [3.8, 4) is 0 Å². The molecular formula is C12H14ClNO2. The lowest BCUT2D eigenvalue weighted by atomic mass is 10.2. The predicted molar refractivity (Wildman–Crippen MR) is 64.6 cm³/mol. The average Bonchev–Trinajstić information content (AvgIpc) is 2.64. The lowest BCUT2D eigenvalue weighted by Gasteiger charge is -2.03. The normalized spacial score (nSPS) is 11.2. The molecule has 0 fully saturated rings. The lowest BCUT2D eigenvalue weighted by Crippen LogP contribution is -1.98. The largest absolute Gasteiger partial charge is 0.396 e. The summed E-state index contributed by atoms with van der Waals surface area (Å²) in [5.74, 6) is 0. The Hall–Kier alpha value is -1.03. The van der Waals surface area contributed by atoms with Crippen LogP contribution in [-0.4, -0.2) is 21.4 Å². The van der Waals surface area contributed by atoms with Crippen LogP contribution in [0.2, 0.25) is 5.02 Å². The first-order valence-electron chi connectivity index (χ1n) is 5.25. The summed E-state index contributed by atoms with van der Waals surface area (Å²) in [6.07, 6.45) is 2.61. The molecule has 0 bridgehead atoms. The third kappa shape index (κ3) is 2.07. The highest BCUT2D eigenvalue weighted by molar-refractivity contribution is 6.31. The summed E-state index contributed by atoms with van der Waals surface area (Å²) >= 11 is 5.95. The molecule has 0 saturated carbocycles. The van der Waals surface area contributed by atoms with Crippen LogP contribution < -0.4 is 0 Å². The fraction of sp³-hybridized carbons (Fsp3) is 0.333. The zero-order valence-electron chi connectivity index (χ0n) is 8.86. The number of hydrogen-bond acceptors (Lipinski definition) is 2. The van der Waals surface area contributed by atoms with Gasteiger partial charge in [-0.3, -0.25) is 0 Å². The van der Waals surface area contributed by atoms with Crippen molar-refractivity contribution in [1.29, 1.82) is 0 Å². The van der Waals surface area contributed by atoms with Gasteiger partial charge in [-0.25, -0.2) is 0 Å². The average molecular weight is 240 g/mol. The summed E-state index contributed by atoms with van der Waals surface area (Å²) in [5.41, 5.74) is 1.90. The minimum absolute atomic E-state index is 0.0181. The Balaban J connectivity index is 2.50. The summed E-state index contributed by atoms with van der Waals surface area (Å²) in [6, 6.07) is 5.62. The SMILES string of the molecule is OCCCn1cc(CO)c2ccc(Cl)cc21. The minimum atomic E-state index is 0.0181. The van der Waals surface area contributed by atoms with E-state index < -0.39 is 0 Å². The van der Waals surface area contributed by atoms with Crippen LogP contribution in [0, 0.1) is 0 Å². The van der Waals surface area contributed by atoms with Crippen LogP contribution in [-0.2, 0) is 13.2 Å². The van der Waals surface area contributed by atoms with Crippen molar-refractivity contribution >= 4 is 22.5 Å². The van der Waals surface area contributed by atoms with Gasteiger partial charge in [-0.2, -0.15) is 0 Å². The molecule has 3 nitrogen and oxygen atoms in total. The number of rotatable bonds is 4. The molecule has 2 N–H and O–H groups in total. The second-order valence-corrected chi connectivity index (χ2v) is 4.18. The molecule has 16 heavy (non-hydrogen) atoms. The summed E-state index contributed by atoms with van der Waals surface area (Å²) in [6.45, 7) is 0.909. The van der Waals surface area contributed by atoms with E-state index in [1.54, 1.807) is 0 Å². The van der Waals surface area contributed by atoms with Crippen molar-refractivity contribution in [3.05, 3.63) is 35.0 Å². The van der Waals surface area contributed by atoms with E-state index in [1.807, 2.05) is 29.0 Å². The number of aromatic nitrogens is 1. The topological polar surface area (TPSA) is 45.4 Å². The third-order valence-electron chi connectivity index (χ3n) is 2.65. The van der Waals surface area contributed by atoms with E-state index in [1.165, 1.54) is 0 Å². The molecule has 1 aromatic carbocycles. The summed E-state index contributed by atoms with van der Waals surface area (Å²) in [5, 5.41) is 19.8. The predicted octanol–water partition coefficient (Wildman–Crippen LogP) is 2.17. The first-order valence-corrected chi connectivity index (χ1v) is 5.63. The van der Waals surface area contributed by atoms with Crippen LogP contribution in [0.4, 0.5) is 0 Å². The molecule has 0 atom stereocenters. The summed E-state index contributed by atoms with van der Waals surface area (Å²) in [4.78, 5) is 0. The van der Waals surface area contributed by atoms with Crippen LogP contribution in [0.1, 0.15) is 12.0 Å². The number of halogens is 1. The molecule has 4 heteroatoms. The van der Waals surface area contributed by atoms with Crippen LogP contribution in [0.15, 0.2) is 24.4 Å². The Labute approximate surface area is 98.9 Å². The van der Waals surface area contributed by atoms with Crippen molar-refractivity contribution in [2.75, 3.05) is 6.61 Å². The fourth-order valence-corrected chi connectivity index (χ4v) is 2.06. The van der Waals surface area contributed by atoms with Gasteiger partial charge in [0.05, 0.1) is 6.61 Å². The maximum Gasteiger partial charge on any atom is 0.0702 e. The molecular weight excluding hydrogens is 226 g/mol. The van der Waals surface area contributed by atoms with Gasteiger partial charge in [0, 0.05) is 40.8 Å². The van der Waals surface area contributed by atoms with Crippen LogP contribution in [0.5, 0.6) is 0 Å². The van der Waals surface area contributed by atoms with E-state index in [2.05, 4.69) is 0 Å². The highest BCUT2D eigenvalue weighted by Crippen LogP contribution is 2.25.